The molecule has 0 saturated carbocycles. The number of ether oxygens (including phenoxy) is 1. The minimum atomic E-state index is -0.317. The number of H-pyrrole nitrogens is 1. The Kier molecular flexibility index (Phi) is 5.98. The highest BCUT2D eigenvalue weighted by Gasteiger charge is 2.20. The Morgan fingerprint density at radius 1 is 1.58 bits per heavy atom. The molecule has 1 saturated heterocycles. The van der Waals surface area contributed by atoms with Crippen molar-refractivity contribution in [3.63, 3.8) is 0 Å². The van der Waals surface area contributed by atoms with Gasteiger partial charge in [-0.2, -0.15) is 5.26 Å². The van der Waals surface area contributed by atoms with Crippen molar-refractivity contribution in [1.29, 1.82) is 5.26 Å². The Labute approximate surface area is 158 Å². The minimum absolute atomic E-state index is 0.000678. The third-order valence-electron chi connectivity index (χ3n) is 3.84. The van der Waals surface area contributed by atoms with E-state index >= 15 is 0 Å². The van der Waals surface area contributed by atoms with Crippen molar-refractivity contribution < 1.29 is 9.53 Å². The summed E-state index contributed by atoms with van der Waals surface area (Å²) in [5.74, 6) is -0.192. The van der Waals surface area contributed by atoms with Crippen molar-refractivity contribution in [2.45, 2.75) is 30.6 Å². The molecule has 0 unspecified atom stereocenters. The lowest BCUT2D eigenvalue weighted by Crippen LogP contribution is -2.25. The van der Waals surface area contributed by atoms with Crippen LogP contribution in [0.15, 0.2) is 28.2 Å². The molecule has 136 valence electrons. The number of hydrogen-bond donors (Lipinski definition) is 2. The average molecular weight is 394 g/mol. The molecule has 3 rings (SSSR count). The first-order chi connectivity index (χ1) is 12.6. The molecular weight excluding hydrogens is 378 g/mol. The Hall–Kier alpha value is -2.28. The molecule has 0 aliphatic carbocycles. The van der Waals surface area contributed by atoms with Gasteiger partial charge in [0.15, 0.2) is 5.16 Å². The van der Waals surface area contributed by atoms with Crippen LogP contribution in [0.5, 0.6) is 0 Å². The molecule has 1 aliphatic rings. The largest absolute Gasteiger partial charge is 0.376 e. The topological polar surface area (TPSA) is 113 Å². The van der Waals surface area contributed by atoms with Crippen LogP contribution in [0.4, 0.5) is 5.69 Å². The summed E-state index contributed by atoms with van der Waals surface area (Å²) >= 11 is 7.11. The minimum Gasteiger partial charge on any atom is -0.376 e. The number of nitriles is 1. The van der Waals surface area contributed by atoms with E-state index in [0.29, 0.717) is 29.6 Å². The molecule has 0 spiro atoms. The van der Waals surface area contributed by atoms with Crippen molar-refractivity contribution in [3.05, 3.63) is 39.3 Å². The Bertz CT molecular complexity index is 898. The van der Waals surface area contributed by atoms with Gasteiger partial charge in [0.2, 0.25) is 5.91 Å². The van der Waals surface area contributed by atoms with E-state index in [1.165, 1.54) is 16.7 Å². The number of aromatic nitrogens is 3. The fraction of sp³-hybridized carbons (Fsp3) is 0.375. The first kappa shape index (κ1) is 18.5. The molecule has 10 heteroatoms. The van der Waals surface area contributed by atoms with Gasteiger partial charge in [-0.25, -0.2) is 9.89 Å². The van der Waals surface area contributed by atoms with Crippen LogP contribution < -0.4 is 11.0 Å². The second-order valence-corrected chi connectivity index (χ2v) is 7.05. The van der Waals surface area contributed by atoms with Crippen LogP contribution >= 0.6 is 23.4 Å². The Morgan fingerprint density at radius 2 is 2.42 bits per heavy atom. The van der Waals surface area contributed by atoms with Gasteiger partial charge in [0, 0.05) is 12.3 Å². The first-order valence-corrected chi connectivity index (χ1v) is 9.32. The quantitative estimate of drug-likeness (QED) is 0.726. The van der Waals surface area contributed by atoms with E-state index in [1.807, 2.05) is 6.07 Å². The molecule has 0 bridgehead atoms. The fourth-order valence-corrected chi connectivity index (χ4v) is 3.56. The monoisotopic (exact) mass is 393 g/mol. The summed E-state index contributed by atoms with van der Waals surface area (Å²) in [6.45, 7) is 1.12. The molecule has 26 heavy (non-hydrogen) atoms. The smallest absolute Gasteiger partial charge is 0.344 e. The van der Waals surface area contributed by atoms with Crippen LogP contribution in [0, 0.1) is 11.3 Å². The van der Waals surface area contributed by atoms with Gasteiger partial charge in [0.25, 0.3) is 0 Å². The van der Waals surface area contributed by atoms with E-state index in [9.17, 15) is 9.59 Å². The van der Waals surface area contributed by atoms with Gasteiger partial charge >= 0.3 is 5.69 Å². The van der Waals surface area contributed by atoms with Crippen molar-refractivity contribution in [1.82, 2.24) is 14.8 Å². The van der Waals surface area contributed by atoms with Crippen molar-refractivity contribution >= 4 is 35.0 Å². The summed E-state index contributed by atoms with van der Waals surface area (Å²) in [7, 11) is 0. The average Bonchev–Trinajstić information content (AvgIpc) is 3.25. The van der Waals surface area contributed by atoms with E-state index < -0.39 is 0 Å². The number of carbonyl (C=O) groups is 1. The van der Waals surface area contributed by atoms with E-state index in [1.54, 1.807) is 6.07 Å². The maximum absolute atomic E-state index is 12.1. The number of anilines is 1. The maximum atomic E-state index is 12.1. The van der Waals surface area contributed by atoms with Gasteiger partial charge in [0.1, 0.15) is 6.07 Å². The van der Waals surface area contributed by atoms with Crippen molar-refractivity contribution in [2.75, 3.05) is 17.7 Å². The molecular formula is C16H16ClN5O3S. The van der Waals surface area contributed by atoms with E-state index in [4.69, 9.17) is 21.6 Å². The van der Waals surface area contributed by atoms with Gasteiger partial charge in [0.05, 0.1) is 29.0 Å². The van der Waals surface area contributed by atoms with Gasteiger partial charge in [-0.3, -0.25) is 9.36 Å². The molecule has 1 aromatic heterocycles. The van der Waals surface area contributed by atoms with Crippen molar-refractivity contribution in [2.24, 2.45) is 0 Å². The van der Waals surface area contributed by atoms with Gasteiger partial charge in [-0.1, -0.05) is 23.4 Å². The second-order valence-electron chi connectivity index (χ2n) is 5.70. The second kappa shape index (κ2) is 8.40. The molecule has 2 aromatic rings. The SMILES string of the molecule is N#Cc1ccc(NC(=O)CSc2n[nH]c(=O)n2C[C@H]2CCCO2)cc1Cl. The predicted octanol–water partition coefficient (Wildman–Crippen LogP) is 2.01. The van der Waals surface area contributed by atoms with Crippen LogP contribution in [-0.2, 0) is 16.1 Å². The molecule has 1 aliphatic heterocycles. The number of hydrogen-bond acceptors (Lipinski definition) is 6. The number of carbonyl (C=O) groups excluding carboxylic acids is 1. The van der Waals surface area contributed by atoms with Gasteiger partial charge < -0.3 is 10.1 Å². The summed E-state index contributed by atoms with van der Waals surface area (Å²) in [6, 6.07) is 6.62. The fourth-order valence-electron chi connectivity index (χ4n) is 2.58. The molecule has 1 atom stereocenters. The number of halogens is 1. The summed E-state index contributed by atoms with van der Waals surface area (Å²) in [5, 5.41) is 18.7. The van der Waals surface area contributed by atoms with Crippen LogP contribution in [-0.4, -0.2) is 39.1 Å². The standard InChI is InChI=1S/C16H16ClN5O3S/c17-13-6-11(4-3-10(13)7-18)19-14(23)9-26-16-21-20-15(24)22(16)8-12-2-1-5-25-12/h3-4,6,12H,1-2,5,8-9H2,(H,19,23)(H,20,24)/t12-/m1/s1. The van der Waals surface area contributed by atoms with Crippen molar-refractivity contribution in [3.8, 4) is 6.07 Å². The summed E-state index contributed by atoms with van der Waals surface area (Å²) in [5.41, 5.74) is 0.523. The van der Waals surface area contributed by atoms with E-state index in [0.717, 1.165) is 24.6 Å². The molecule has 1 fully saturated rings. The number of nitrogens with one attached hydrogen (secondary N) is 2. The summed E-state index contributed by atoms with van der Waals surface area (Å²) in [4.78, 5) is 24.0. The predicted molar refractivity (Wildman–Crippen MR) is 97.3 cm³/mol. The number of thioether (sulfide) groups is 1. The van der Waals surface area contributed by atoms with E-state index in [2.05, 4.69) is 15.5 Å². The molecule has 1 amide bonds. The molecule has 1 aromatic carbocycles. The zero-order valence-corrected chi connectivity index (χ0v) is 15.3. The maximum Gasteiger partial charge on any atom is 0.344 e. The van der Waals surface area contributed by atoms with Gasteiger partial charge in [-0.05, 0) is 31.0 Å². The van der Waals surface area contributed by atoms with Crippen LogP contribution in [0.1, 0.15) is 18.4 Å². The number of amides is 1. The van der Waals surface area contributed by atoms with Gasteiger partial charge in [-0.15, -0.1) is 5.10 Å². The lowest BCUT2D eigenvalue weighted by atomic mass is 10.2. The molecule has 2 heterocycles. The summed E-state index contributed by atoms with van der Waals surface area (Å²) in [6.07, 6.45) is 1.89. The van der Waals surface area contributed by atoms with Crippen LogP contribution in [0.3, 0.4) is 0 Å². The third kappa shape index (κ3) is 4.46. The number of nitrogens with zero attached hydrogens (tertiary/aromatic N) is 3. The lowest BCUT2D eigenvalue weighted by molar-refractivity contribution is -0.113. The lowest BCUT2D eigenvalue weighted by Gasteiger charge is -2.11. The number of aromatic amines is 1. The third-order valence-corrected chi connectivity index (χ3v) is 5.13. The zero-order chi connectivity index (χ0) is 18.5. The Balaban J connectivity index is 1.59. The number of benzene rings is 1. The first-order valence-electron chi connectivity index (χ1n) is 7.96. The van der Waals surface area contributed by atoms with Crippen LogP contribution in [0.25, 0.3) is 0 Å². The normalized spacial score (nSPS) is 16.4. The number of rotatable bonds is 6. The highest BCUT2D eigenvalue weighted by Crippen LogP contribution is 2.21. The summed E-state index contributed by atoms with van der Waals surface area (Å²) < 4.78 is 7.04. The zero-order valence-electron chi connectivity index (χ0n) is 13.7. The molecule has 2 N–H and O–H groups in total. The molecule has 8 nitrogen and oxygen atoms in total. The Morgan fingerprint density at radius 3 is 3.12 bits per heavy atom. The van der Waals surface area contributed by atoms with E-state index in [-0.39, 0.29) is 28.5 Å². The highest BCUT2D eigenvalue weighted by molar-refractivity contribution is 7.99. The van der Waals surface area contributed by atoms with Crippen LogP contribution in [0.2, 0.25) is 5.02 Å². The molecule has 0 radical (unpaired) electrons. The highest BCUT2D eigenvalue weighted by atomic mass is 35.5.